The first-order valence-corrected chi connectivity index (χ1v) is 8.04. The highest BCUT2D eigenvalue weighted by atomic mass is 16.5. The molecule has 0 fully saturated rings. The second-order valence-electron chi connectivity index (χ2n) is 5.40. The first-order chi connectivity index (χ1) is 10.8. The van der Waals surface area contributed by atoms with Gasteiger partial charge in [0.25, 0.3) is 0 Å². The molecular formula is C18H24N2O2. The molecule has 1 aromatic carbocycles. The fraction of sp³-hybridized carbons (Fsp3) is 0.444. The summed E-state index contributed by atoms with van der Waals surface area (Å²) in [6.45, 7) is 2.92. The van der Waals surface area contributed by atoms with Crippen molar-refractivity contribution in [2.24, 2.45) is 0 Å². The molecule has 1 N–H and O–H groups in total. The van der Waals surface area contributed by atoms with Crippen molar-refractivity contribution >= 4 is 0 Å². The predicted octanol–water partition coefficient (Wildman–Crippen LogP) is 4.59. The van der Waals surface area contributed by atoms with Crippen molar-refractivity contribution in [3.8, 4) is 22.9 Å². The minimum atomic E-state index is 0.246. The molecule has 2 aromatic rings. The Balaban J connectivity index is 1.74. The molecule has 0 atom stereocenters. The van der Waals surface area contributed by atoms with Crippen LogP contribution in [0.25, 0.3) is 11.3 Å². The van der Waals surface area contributed by atoms with Crippen molar-refractivity contribution in [2.45, 2.75) is 45.4 Å². The topological polar surface area (TPSA) is 55.2 Å². The lowest BCUT2D eigenvalue weighted by Crippen LogP contribution is -2.00. The van der Waals surface area contributed by atoms with Crippen LogP contribution in [0.15, 0.2) is 36.7 Å². The van der Waals surface area contributed by atoms with Crippen LogP contribution < -0.4 is 4.74 Å². The normalized spacial score (nSPS) is 10.6. The van der Waals surface area contributed by atoms with Crippen LogP contribution in [-0.4, -0.2) is 21.7 Å². The third-order valence-electron chi connectivity index (χ3n) is 3.54. The lowest BCUT2D eigenvalue weighted by Gasteiger charge is -2.06. The smallest absolute Gasteiger partial charge is 0.232 e. The number of hydrogen-bond donors (Lipinski definition) is 1. The van der Waals surface area contributed by atoms with E-state index in [0.29, 0.717) is 12.5 Å². The molecule has 0 radical (unpaired) electrons. The Labute approximate surface area is 132 Å². The molecule has 118 valence electrons. The van der Waals surface area contributed by atoms with E-state index in [-0.39, 0.29) is 5.75 Å². The zero-order chi connectivity index (χ0) is 15.6. The first kappa shape index (κ1) is 16.3. The van der Waals surface area contributed by atoms with E-state index in [4.69, 9.17) is 4.74 Å². The maximum Gasteiger partial charge on any atom is 0.232 e. The average Bonchev–Trinajstić information content (AvgIpc) is 2.55. The quantitative estimate of drug-likeness (QED) is 0.688. The van der Waals surface area contributed by atoms with Gasteiger partial charge in [-0.15, -0.1) is 0 Å². The Kier molecular flexibility index (Phi) is 6.68. The van der Waals surface area contributed by atoms with Crippen molar-refractivity contribution < 1.29 is 9.84 Å². The lowest BCUT2D eigenvalue weighted by atomic mass is 10.1. The van der Waals surface area contributed by atoms with Crippen molar-refractivity contribution in [1.29, 1.82) is 0 Å². The van der Waals surface area contributed by atoms with Crippen LogP contribution in [0.2, 0.25) is 0 Å². The van der Waals surface area contributed by atoms with Crippen LogP contribution in [0.4, 0.5) is 0 Å². The number of benzene rings is 1. The molecule has 22 heavy (non-hydrogen) atoms. The number of hydrogen-bond acceptors (Lipinski definition) is 4. The summed E-state index contributed by atoms with van der Waals surface area (Å²) < 4.78 is 5.61. The maximum absolute atomic E-state index is 9.28. The molecular weight excluding hydrogens is 276 g/mol. The minimum absolute atomic E-state index is 0.246. The van der Waals surface area contributed by atoms with Gasteiger partial charge in [0.2, 0.25) is 5.88 Å². The van der Waals surface area contributed by atoms with Gasteiger partial charge in [-0.2, -0.15) is 0 Å². The molecule has 1 heterocycles. The van der Waals surface area contributed by atoms with Crippen LogP contribution in [0.1, 0.15) is 45.4 Å². The van der Waals surface area contributed by atoms with E-state index in [1.165, 1.54) is 32.1 Å². The summed E-state index contributed by atoms with van der Waals surface area (Å²) in [4.78, 5) is 8.63. The lowest BCUT2D eigenvalue weighted by molar-refractivity contribution is 0.292. The second kappa shape index (κ2) is 9.03. The van der Waals surface area contributed by atoms with Crippen molar-refractivity contribution in [3.63, 3.8) is 0 Å². The number of unbranched alkanes of at least 4 members (excludes halogenated alkanes) is 5. The molecule has 0 aliphatic rings. The van der Waals surface area contributed by atoms with Gasteiger partial charge < -0.3 is 9.84 Å². The minimum Gasteiger partial charge on any atom is -0.508 e. The van der Waals surface area contributed by atoms with Gasteiger partial charge in [0.05, 0.1) is 24.7 Å². The zero-order valence-corrected chi connectivity index (χ0v) is 13.2. The Morgan fingerprint density at radius 2 is 1.64 bits per heavy atom. The van der Waals surface area contributed by atoms with Crippen LogP contribution in [0, 0.1) is 0 Å². The molecule has 0 aliphatic heterocycles. The summed E-state index contributed by atoms with van der Waals surface area (Å²) in [5.41, 5.74) is 1.69. The Morgan fingerprint density at radius 3 is 2.32 bits per heavy atom. The highest BCUT2D eigenvalue weighted by Crippen LogP contribution is 2.20. The number of phenols is 1. The molecule has 0 aliphatic carbocycles. The molecule has 1 aromatic heterocycles. The van der Waals surface area contributed by atoms with Crippen LogP contribution in [-0.2, 0) is 0 Å². The van der Waals surface area contributed by atoms with Gasteiger partial charge in [-0.05, 0) is 30.7 Å². The van der Waals surface area contributed by atoms with E-state index in [1.807, 2.05) is 12.1 Å². The Hall–Kier alpha value is -2.10. The number of ether oxygens (including phenoxy) is 1. The maximum atomic E-state index is 9.28. The summed E-state index contributed by atoms with van der Waals surface area (Å²) in [6.07, 6.45) is 10.8. The fourth-order valence-electron chi connectivity index (χ4n) is 2.23. The standard InChI is InChI=1S/C18H24N2O2/c1-2-3-4-5-6-7-12-22-18-14-19-17(13-20-18)15-8-10-16(21)11-9-15/h8-11,13-14,21H,2-7,12H2,1H3. The van der Waals surface area contributed by atoms with E-state index in [1.54, 1.807) is 24.5 Å². The van der Waals surface area contributed by atoms with E-state index in [9.17, 15) is 5.11 Å². The van der Waals surface area contributed by atoms with Gasteiger partial charge in [-0.25, -0.2) is 9.97 Å². The van der Waals surface area contributed by atoms with Gasteiger partial charge in [-0.1, -0.05) is 39.0 Å². The second-order valence-corrected chi connectivity index (χ2v) is 5.40. The highest BCUT2D eigenvalue weighted by molar-refractivity contribution is 5.58. The van der Waals surface area contributed by atoms with Gasteiger partial charge in [0, 0.05) is 5.56 Å². The molecule has 4 nitrogen and oxygen atoms in total. The van der Waals surface area contributed by atoms with Crippen molar-refractivity contribution in [2.75, 3.05) is 6.61 Å². The first-order valence-electron chi connectivity index (χ1n) is 8.04. The molecule has 4 heteroatoms. The molecule has 2 rings (SSSR count). The highest BCUT2D eigenvalue weighted by Gasteiger charge is 2.02. The number of rotatable bonds is 9. The van der Waals surface area contributed by atoms with Gasteiger partial charge in [0.15, 0.2) is 0 Å². The third kappa shape index (κ3) is 5.35. The van der Waals surface area contributed by atoms with Gasteiger partial charge in [-0.3, -0.25) is 0 Å². The summed E-state index contributed by atoms with van der Waals surface area (Å²) >= 11 is 0. The Bertz CT molecular complexity index is 538. The largest absolute Gasteiger partial charge is 0.508 e. The van der Waals surface area contributed by atoms with E-state index < -0.39 is 0 Å². The third-order valence-corrected chi connectivity index (χ3v) is 3.54. The van der Waals surface area contributed by atoms with Crippen LogP contribution in [0.3, 0.4) is 0 Å². The SMILES string of the molecule is CCCCCCCCOc1cnc(-c2ccc(O)cc2)cn1. The molecule has 0 amide bonds. The molecule has 0 spiro atoms. The number of phenolic OH excluding ortho intramolecular Hbond substituents is 1. The van der Waals surface area contributed by atoms with E-state index >= 15 is 0 Å². The molecule has 0 saturated carbocycles. The number of aromatic hydroxyl groups is 1. The summed E-state index contributed by atoms with van der Waals surface area (Å²) in [7, 11) is 0. The van der Waals surface area contributed by atoms with Crippen LogP contribution >= 0.6 is 0 Å². The van der Waals surface area contributed by atoms with Crippen molar-refractivity contribution in [1.82, 2.24) is 9.97 Å². The van der Waals surface area contributed by atoms with Crippen LogP contribution in [0.5, 0.6) is 11.6 Å². The molecule has 0 unspecified atom stereocenters. The molecule has 0 saturated heterocycles. The number of aromatic nitrogens is 2. The Morgan fingerprint density at radius 1 is 0.909 bits per heavy atom. The predicted molar refractivity (Wildman–Crippen MR) is 88.0 cm³/mol. The van der Waals surface area contributed by atoms with E-state index in [0.717, 1.165) is 17.7 Å². The van der Waals surface area contributed by atoms with Gasteiger partial charge in [0.1, 0.15) is 5.75 Å². The summed E-state index contributed by atoms with van der Waals surface area (Å²) in [6, 6.07) is 6.91. The van der Waals surface area contributed by atoms with E-state index in [2.05, 4.69) is 16.9 Å². The van der Waals surface area contributed by atoms with Gasteiger partial charge >= 0.3 is 0 Å². The number of nitrogens with zero attached hydrogens (tertiary/aromatic N) is 2. The fourth-order valence-corrected chi connectivity index (χ4v) is 2.23. The molecule has 0 bridgehead atoms. The average molecular weight is 300 g/mol. The van der Waals surface area contributed by atoms with Crippen molar-refractivity contribution in [3.05, 3.63) is 36.7 Å². The summed E-state index contributed by atoms with van der Waals surface area (Å²) in [5.74, 6) is 0.812. The monoisotopic (exact) mass is 300 g/mol. The zero-order valence-electron chi connectivity index (χ0n) is 13.2. The summed E-state index contributed by atoms with van der Waals surface area (Å²) in [5, 5.41) is 9.28.